The molecular weight excluding hydrogens is 168 g/mol. The highest BCUT2D eigenvalue weighted by molar-refractivity contribution is 5.77. The van der Waals surface area contributed by atoms with Gasteiger partial charge in [-0.25, -0.2) is 0 Å². The number of benzene rings is 1. The molecule has 0 aliphatic carbocycles. The summed E-state index contributed by atoms with van der Waals surface area (Å²) in [6, 6.07) is 3.06. The van der Waals surface area contributed by atoms with Crippen molar-refractivity contribution >= 4 is 6.29 Å². The molecule has 0 atom stereocenters. The minimum absolute atomic E-state index is 0.115. The fraction of sp³-hybridized carbons (Fsp3) is 0.100. The average molecular weight is 176 g/mol. The Morgan fingerprint density at radius 3 is 3.08 bits per heavy atom. The van der Waals surface area contributed by atoms with Gasteiger partial charge in [0.1, 0.15) is 17.8 Å². The van der Waals surface area contributed by atoms with Gasteiger partial charge in [0.15, 0.2) is 0 Å². The molecule has 3 nitrogen and oxygen atoms in total. The molecular formula is C10H8O3. The van der Waals surface area contributed by atoms with E-state index < -0.39 is 0 Å². The summed E-state index contributed by atoms with van der Waals surface area (Å²) < 4.78 is 5.15. The predicted molar refractivity (Wildman–Crippen MR) is 47.0 cm³/mol. The van der Waals surface area contributed by atoms with Gasteiger partial charge in [0, 0.05) is 17.5 Å². The number of aromatic hydroxyl groups is 1. The Hall–Kier alpha value is -1.77. The molecule has 1 N–H and O–H groups in total. The quantitative estimate of drug-likeness (QED) is 0.662. The average Bonchev–Trinajstić information content (AvgIpc) is 2.18. The van der Waals surface area contributed by atoms with E-state index in [2.05, 4.69) is 0 Å². The number of ether oxygens (including phenoxy) is 1. The summed E-state index contributed by atoms with van der Waals surface area (Å²) in [4.78, 5) is 10.5. The van der Waals surface area contributed by atoms with Gasteiger partial charge in [-0.15, -0.1) is 0 Å². The lowest BCUT2D eigenvalue weighted by Gasteiger charge is -2.13. The fourth-order valence-corrected chi connectivity index (χ4v) is 1.32. The molecule has 0 fully saturated rings. The van der Waals surface area contributed by atoms with E-state index in [-0.39, 0.29) is 5.75 Å². The first kappa shape index (κ1) is 7.86. The molecule has 66 valence electrons. The maximum Gasteiger partial charge on any atom is 0.150 e. The number of hydrogen-bond donors (Lipinski definition) is 1. The van der Waals surface area contributed by atoms with E-state index in [0.29, 0.717) is 24.0 Å². The van der Waals surface area contributed by atoms with Gasteiger partial charge in [-0.2, -0.15) is 0 Å². The van der Waals surface area contributed by atoms with Crippen molar-refractivity contribution in [2.45, 2.75) is 6.42 Å². The number of carbonyl (C=O) groups is 1. The molecule has 0 bridgehead atoms. The Labute approximate surface area is 75.3 Å². The standard InChI is InChI=1S/C10H8O3/c11-6-7-4-9(12)8-2-1-3-13-10(8)5-7/h1,3-6,12H,2H2. The first-order valence-corrected chi connectivity index (χ1v) is 3.94. The van der Waals surface area contributed by atoms with Crippen molar-refractivity contribution in [3.8, 4) is 11.5 Å². The van der Waals surface area contributed by atoms with E-state index >= 15 is 0 Å². The first-order valence-electron chi connectivity index (χ1n) is 3.94. The lowest BCUT2D eigenvalue weighted by Crippen LogP contribution is -1.98. The molecule has 1 aliphatic heterocycles. The Bertz CT molecular complexity index is 380. The van der Waals surface area contributed by atoms with E-state index in [4.69, 9.17) is 4.74 Å². The van der Waals surface area contributed by atoms with Crippen LogP contribution < -0.4 is 4.74 Å². The van der Waals surface area contributed by atoms with Gasteiger partial charge in [0.05, 0.1) is 6.26 Å². The fourth-order valence-electron chi connectivity index (χ4n) is 1.32. The van der Waals surface area contributed by atoms with Gasteiger partial charge in [-0.1, -0.05) is 0 Å². The van der Waals surface area contributed by atoms with E-state index in [0.717, 1.165) is 5.56 Å². The van der Waals surface area contributed by atoms with Gasteiger partial charge >= 0.3 is 0 Å². The number of phenols is 1. The molecule has 0 unspecified atom stereocenters. The van der Waals surface area contributed by atoms with Crippen LogP contribution in [0.25, 0.3) is 0 Å². The molecule has 2 rings (SSSR count). The Morgan fingerprint density at radius 1 is 1.46 bits per heavy atom. The highest BCUT2D eigenvalue weighted by Crippen LogP contribution is 2.32. The molecule has 0 saturated carbocycles. The molecule has 13 heavy (non-hydrogen) atoms. The lowest BCUT2D eigenvalue weighted by molar-refractivity contribution is 0.112. The minimum Gasteiger partial charge on any atom is -0.507 e. The number of allylic oxidation sites excluding steroid dienone is 1. The van der Waals surface area contributed by atoms with Crippen molar-refractivity contribution in [1.29, 1.82) is 0 Å². The molecule has 1 aromatic carbocycles. The predicted octanol–water partition coefficient (Wildman–Crippen LogP) is 1.65. The molecule has 0 aromatic heterocycles. The second-order valence-corrected chi connectivity index (χ2v) is 2.83. The first-order chi connectivity index (χ1) is 6.31. The number of aldehydes is 1. The van der Waals surface area contributed by atoms with Crippen LogP contribution in [0.4, 0.5) is 0 Å². The number of rotatable bonds is 1. The Morgan fingerprint density at radius 2 is 2.31 bits per heavy atom. The normalized spacial score (nSPS) is 13.2. The number of fused-ring (bicyclic) bond motifs is 1. The summed E-state index contributed by atoms with van der Waals surface area (Å²) in [6.07, 6.45) is 4.68. The highest BCUT2D eigenvalue weighted by Gasteiger charge is 2.12. The third-order valence-electron chi connectivity index (χ3n) is 1.96. The molecule has 0 spiro atoms. The molecule has 1 heterocycles. The molecule has 1 aromatic rings. The van der Waals surface area contributed by atoms with E-state index in [1.165, 1.54) is 6.07 Å². The van der Waals surface area contributed by atoms with Gasteiger partial charge in [-0.05, 0) is 18.2 Å². The van der Waals surface area contributed by atoms with Crippen molar-refractivity contribution in [1.82, 2.24) is 0 Å². The number of carbonyl (C=O) groups excluding carboxylic acids is 1. The summed E-state index contributed by atoms with van der Waals surface area (Å²) in [5.74, 6) is 0.675. The lowest BCUT2D eigenvalue weighted by atomic mass is 10.1. The van der Waals surface area contributed by atoms with Crippen LogP contribution in [-0.2, 0) is 6.42 Å². The van der Waals surface area contributed by atoms with E-state index in [1.807, 2.05) is 6.08 Å². The zero-order valence-electron chi connectivity index (χ0n) is 6.86. The Balaban J connectivity index is 2.56. The molecule has 3 heteroatoms. The van der Waals surface area contributed by atoms with Crippen molar-refractivity contribution in [2.24, 2.45) is 0 Å². The number of phenolic OH excluding ortho intramolecular Hbond substituents is 1. The minimum atomic E-state index is 0.115. The summed E-state index contributed by atoms with van der Waals surface area (Å²) in [5.41, 5.74) is 1.15. The molecule has 0 saturated heterocycles. The highest BCUT2D eigenvalue weighted by atomic mass is 16.5. The second kappa shape index (κ2) is 2.94. The summed E-state index contributed by atoms with van der Waals surface area (Å²) in [6.45, 7) is 0. The van der Waals surface area contributed by atoms with Crippen molar-refractivity contribution in [3.63, 3.8) is 0 Å². The van der Waals surface area contributed by atoms with Crippen LogP contribution in [0.1, 0.15) is 15.9 Å². The maximum atomic E-state index is 10.5. The van der Waals surface area contributed by atoms with Crippen LogP contribution in [0.5, 0.6) is 11.5 Å². The van der Waals surface area contributed by atoms with Crippen LogP contribution in [0, 0.1) is 0 Å². The summed E-state index contributed by atoms with van der Waals surface area (Å²) in [7, 11) is 0. The van der Waals surface area contributed by atoms with Gasteiger partial charge in [0.25, 0.3) is 0 Å². The maximum absolute atomic E-state index is 10.5. The molecule has 0 amide bonds. The molecule has 1 aliphatic rings. The van der Waals surface area contributed by atoms with Crippen LogP contribution in [0.2, 0.25) is 0 Å². The number of hydrogen-bond acceptors (Lipinski definition) is 3. The third-order valence-corrected chi connectivity index (χ3v) is 1.96. The largest absolute Gasteiger partial charge is 0.507 e. The van der Waals surface area contributed by atoms with Crippen LogP contribution in [-0.4, -0.2) is 11.4 Å². The van der Waals surface area contributed by atoms with Crippen LogP contribution in [0.3, 0.4) is 0 Å². The van der Waals surface area contributed by atoms with Crippen molar-refractivity contribution in [2.75, 3.05) is 0 Å². The van der Waals surface area contributed by atoms with Crippen LogP contribution in [0.15, 0.2) is 24.5 Å². The van der Waals surface area contributed by atoms with Gasteiger partial charge < -0.3 is 9.84 Å². The Kier molecular flexibility index (Phi) is 1.77. The van der Waals surface area contributed by atoms with Gasteiger partial charge in [0.2, 0.25) is 0 Å². The smallest absolute Gasteiger partial charge is 0.150 e. The van der Waals surface area contributed by atoms with E-state index in [9.17, 15) is 9.90 Å². The second-order valence-electron chi connectivity index (χ2n) is 2.83. The van der Waals surface area contributed by atoms with Crippen molar-refractivity contribution < 1.29 is 14.6 Å². The third kappa shape index (κ3) is 1.28. The SMILES string of the molecule is O=Cc1cc(O)c2c(c1)OC=CC2. The molecule has 0 radical (unpaired) electrons. The van der Waals surface area contributed by atoms with E-state index in [1.54, 1.807) is 12.3 Å². The topological polar surface area (TPSA) is 46.5 Å². The summed E-state index contributed by atoms with van der Waals surface area (Å²) >= 11 is 0. The summed E-state index contributed by atoms with van der Waals surface area (Å²) in [5, 5.41) is 9.50. The van der Waals surface area contributed by atoms with Gasteiger partial charge in [-0.3, -0.25) is 4.79 Å². The monoisotopic (exact) mass is 176 g/mol. The van der Waals surface area contributed by atoms with Crippen LogP contribution >= 0.6 is 0 Å². The van der Waals surface area contributed by atoms with Crippen molar-refractivity contribution in [3.05, 3.63) is 35.6 Å². The zero-order valence-corrected chi connectivity index (χ0v) is 6.86. The zero-order chi connectivity index (χ0) is 9.26.